The van der Waals surface area contributed by atoms with E-state index in [0.29, 0.717) is 22.7 Å². The molecule has 0 saturated carbocycles. The van der Waals surface area contributed by atoms with Crippen LogP contribution >= 0.6 is 11.6 Å². The van der Waals surface area contributed by atoms with E-state index in [0.717, 1.165) is 33.8 Å². The van der Waals surface area contributed by atoms with E-state index < -0.39 is 29.1 Å². The minimum absolute atomic E-state index is 0.0776. The highest BCUT2D eigenvalue weighted by Crippen LogP contribution is 2.24. The summed E-state index contributed by atoms with van der Waals surface area (Å²) in [4.78, 5) is 49.9. The van der Waals surface area contributed by atoms with Gasteiger partial charge in [-0.25, -0.2) is 28.5 Å². The van der Waals surface area contributed by atoms with Gasteiger partial charge in [-0.1, -0.05) is 35.9 Å². The number of amides is 1. The van der Waals surface area contributed by atoms with Gasteiger partial charge in [-0.05, 0) is 53.6 Å². The Bertz CT molecular complexity index is 1980. The normalized spacial score (nSPS) is 11.1. The van der Waals surface area contributed by atoms with Crippen molar-refractivity contribution >= 4 is 52.1 Å². The van der Waals surface area contributed by atoms with E-state index in [1.54, 1.807) is 36.5 Å². The average molecular weight is 617 g/mol. The van der Waals surface area contributed by atoms with Gasteiger partial charge in [0.05, 0.1) is 36.1 Å². The Morgan fingerprint density at radius 2 is 1.86 bits per heavy atom. The molecule has 13 heteroatoms. The number of carbonyl (C=O) groups is 2. The predicted octanol–water partition coefficient (Wildman–Crippen LogP) is 5.14. The van der Waals surface area contributed by atoms with Gasteiger partial charge in [0.1, 0.15) is 5.56 Å². The van der Waals surface area contributed by atoms with E-state index in [2.05, 4.69) is 25.6 Å². The van der Waals surface area contributed by atoms with Crippen molar-refractivity contribution in [2.24, 2.45) is 0 Å². The quantitative estimate of drug-likeness (QED) is 0.218. The number of hydrogen-bond acceptors (Lipinski definition) is 8. The van der Waals surface area contributed by atoms with Gasteiger partial charge in [0.25, 0.3) is 11.5 Å². The summed E-state index contributed by atoms with van der Waals surface area (Å²) in [6.45, 7) is 0.0524. The number of nitrogens with one attached hydrogen (secondary N) is 2. The number of rotatable bonds is 9. The molecule has 1 amide bonds. The molecule has 5 rings (SSSR count). The van der Waals surface area contributed by atoms with E-state index in [1.807, 2.05) is 18.2 Å². The first-order valence-electron chi connectivity index (χ1n) is 13.1. The maximum Gasteiger partial charge on any atom is 0.339 e. The molecular weight excluding hydrogens is 594 g/mol. The molecule has 3 aromatic carbocycles. The molecule has 10 nitrogen and oxygen atoms in total. The van der Waals surface area contributed by atoms with Crippen molar-refractivity contribution in [2.75, 3.05) is 19.0 Å². The van der Waals surface area contributed by atoms with Gasteiger partial charge in [-0.2, -0.15) is 0 Å². The predicted molar refractivity (Wildman–Crippen MR) is 161 cm³/mol. The number of halogens is 3. The second kappa shape index (κ2) is 13.2. The molecule has 0 aliphatic heterocycles. The zero-order valence-electron chi connectivity index (χ0n) is 23.1. The summed E-state index contributed by atoms with van der Waals surface area (Å²) in [5, 5.41) is 6.71. The topological polar surface area (TPSA) is 128 Å². The van der Waals surface area contributed by atoms with Crippen LogP contribution in [0.5, 0.6) is 0 Å². The van der Waals surface area contributed by atoms with Crippen LogP contribution in [0.25, 0.3) is 17.0 Å². The number of anilines is 2. The fourth-order valence-electron chi connectivity index (χ4n) is 4.21. The minimum atomic E-state index is -1.03. The molecule has 44 heavy (non-hydrogen) atoms. The molecule has 0 spiro atoms. The molecule has 2 N–H and O–H groups in total. The Labute approximate surface area is 254 Å². The van der Waals surface area contributed by atoms with Gasteiger partial charge in [-0.15, -0.1) is 0 Å². The highest BCUT2D eigenvalue weighted by atomic mass is 35.5. The van der Waals surface area contributed by atoms with Crippen molar-refractivity contribution in [3.8, 4) is 0 Å². The van der Waals surface area contributed by atoms with Crippen LogP contribution in [0.15, 0.2) is 84.2 Å². The second-order valence-electron chi connectivity index (χ2n) is 9.42. The molecule has 0 saturated heterocycles. The SMILES string of the molecule is COC(=O)c1ccc(Nc2ncc3cc(C=CCNC(=O)c4cncn(Cc5ccc(F)c(F)c5)c4=O)ccc3n2)cc1Cl. The van der Waals surface area contributed by atoms with E-state index in [4.69, 9.17) is 16.3 Å². The smallest absolute Gasteiger partial charge is 0.339 e. The second-order valence-corrected chi connectivity index (χ2v) is 9.83. The van der Waals surface area contributed by atoms with Crippen LogP contribution in [0.4, 0.5) is 20.4 Å². The van der Waals surface area contributed by atoms with Gasteiger partial charge in [0, 0.05) is 30.0 Å². The van der Waals surface area contributed by atoms with Crippen LogP contribution < -0.4 is 16.2 Å². The van der Waals surface area contributed by atoms with Gasteiger partial charge < -0.3 is 15.4 Å². The summed E-state index contributed by atoms with van der Waals surface area (Å²) in [5.74, 6) is -2.85. The van der Waals surface area contributed by atoms with Crippen LogP contribution in [0, 0.1) is 11.6 Å². The lowest BCUT2D eigenvalue weighted by Gasteiger charge is -2.08. The lowest BCUT2D eigenvalue weighted by Crippen LogP contribution is -2.33. The van der Waals surface area contributed by atoms with Crippen LogP contribution in [0.3, 0.4) is 0 Å². The van der Waals surface area contributed by atoms with Crippen molar-refractivity contribution in [1.29, 1.82) is 0 Å². The van der Waals surface area contributed by atoms with Gasteiger partial charge in [0.15, 0.2) is 11.6 Å². The third-order valence-electron chi connectivity index (χ3n) is 6.41. The Morgan fingerprint density at radius 3 is 2.64 bits per heavy atom. The number of aromatic nitrogens is 4. The summed E-state index contributed by atoms with van der Waals surface area (Å²) in [7, 11) is 1.28. The third-order valence-corrected chi connectivity index (χ3v) is 6.72. The largest absolute Gasteiger partial charge is 0.465 e. The Morgan fingerprint density at radius 1 is 1.02 bits per heavy atom. The lowest BCUT2D eigenvalue weighted by atomic mass is 10.1. The van der Waals surface area contributed by atoms with Crippen LogP contribution in [0.1, 0.15) is 31.8 Å². The zero-order valence-corrected chi connectivity index (χ0v) is 23.8. The van der Waals surface area contributed by atoms with Crippen molar-refractivity contribution < 1.29 is 23.1 Å². The molecule has 2 heterocycles. The van der Waals surface area contributed by atoms with E-state index in [9.17, 15) is 23.2 Å². The maximum absolute atomic E-state index is 13.5. The number of hydrogen-bond donors (Lipinski definition) is 2. The Hall–Kier alpha value is -5.49. The first-order valence-corrected chi connectivity index (χ1v) is 13.4. The fraction of sp³-hybridized carbons (Fsp3) is 0.0968. The zero-order chi connectivity index (χ0) is 31.2. The van der Waals surface area contributed by atoms with Crippen LogP contribution in [-0.2, 0) is 11.3 Å². The summed E-state index contributed by atoms with van der Waals surface area (Å²) in [6, 6.07) is 13.6. The number of ether oxygens (including phenoxy) is 1. The van der Waals surface area contributed by atoms with Crippen molar-refractivity contribution in [3.63, 3.8) is 0 Å². The molecule has 222 valence electrons. The number of benzene rings is 3. The van der Waals surface area contributed by atoms with E-state index >= 15 is 0 Å². The summed E-state index contributed by atoms with van der Waals surface area (Å²) in [5.41, 5.74) is 1.90. The molecule has 2 aromatic heterocycles. The van der Waals surface area contributed by atoms with Crippen LogP contribution in [0.2, 0.25) is 5.02 Å². The monoisotopic (exact) mass is 616 g/mol. The summed E-state index contributed by atoms with van der Waals surface area (Å²) >= 11 is 6.18. The Balaban J connectivity index is 1.19. The third kappa shape index (κ3) is 6.93. The Kier molecular flexibility index (Phi) is 9.01. The average Bonchev–Trinajstić information content (AvgIpc) is 3.01. The number of carbonyl (C=O) groups excluding carboxylic acids is 2. The number of nitrogens with zero attached hydrogens (tertiary/aromatic N) is 4. The molecule has 5 aromatic rings. The number of methoxy groups -OCH3 is 1. The van der Waals surface area contributed by atoms with Crippen molar-refractivity contribution in [1.82, 2.24) is 24.8 Å². The first-order chi connectivity index (χ1) is 21.2. The molecule has 0 unspecified atom stereocenters. The first kappa shape index (κ1) is 30.0. The summed E-state index contributed by atoms with van der Waals surface area (Å²) in [6.07, 6.45) is 7.54. The van der Waals surface area contributed by atoms with Gasteiger partial charge in [-0.3, -0.25) is 14.2 Å². The molecule has 0 aliphatic carbocycles. The standard InChI is InChI=1S/C31H23ClF2N6O4/c1-44-30(43)22-7-6-21(13-24(22)32)38-31-37-14-20-11-18(5-9-27(20)39-31)3-2-10-36-28(41)23-15-35-17-40(29(23)42)16-19-4-8-25(33)26(34)12-19/h2-9,11-15,17H,10,16H2,1H3,(H,36,41)(H,37,38,39). The molecule has 0 bridgehead atoms. The minimum Gasteiger partial charge on any atom is -0.465 e. The number of fused-ring (bicyclic) bond motifs is 1. The van der Waals surface area contributed by atoms with Crippen molar-refractivity contribution in [3.05, 3.63) is 129 Å². The molecular formula is C31H23ClF2N6O4. The van der Waals surface area contributed by atoms with Crippen LogP contribution in [-0.4, -0.2) is 45.1 Å². The molecule has 0 aliphatic rings. The fourth-order valence-corrected chi connectivity index (χ4v) is 4.47. The van der Waals surface area contributed by atoms with Crippen molar-refractivity contribution in [2.45, 2.75) is 6.54 Å². The maximum atomic E-state index is 13.5. The van der Waals surface area contributed by atoms with E-state index in [1.165, 1.54) is 19.5 Å². The lowest BCUT2D eigenvalue weighted by molar-refractivity contribution is 0.0600. The number of esters is 1. The van der Waals surface area contributed by atoms with E-state index in [-0.39, 0.29) is 29.2 Å². The van der Waals surface area contributed by atoms with Gasteiger partial charge in [0.2, 0.25) is 5.95 Å². The molecule has 0 fully saturated rings. The highest BCUT2D eigenvalue weighted by molar-refractivity contribution is 6.33. The summed E-state index contributed by atoms with van der Waals surface area (Å²) < 4.78 is 32.6. The molecule has 0 radical (unpaired) electrons. The highest BCUT2D eigenvalue weighted by Gasteiger charge is 2.14. The van der Waals surface area contributed by atoms with Gasteiger partial charge >= 0.3 is 5.97 Å². The molecule has 0 atom stereocenters.